The Morgan fingerprint density at radius 1 is 1.15 bits per heavy atom. The highest BCUT2D eigenvalue weighted by Gasteiger charge is 2.30. The van der Waals surface area contributed by atoms with Crippen LogP contribution in [0.5, 0.6) is 5.75 Å². The normalized spacial score (nSPS) is 12.0. The predicted octanol–water partition coefficient (Wildman–Crippen LogP) is 3.56. The number of ether oxygens (including phenoxy) is 1. The lowest BCUT2D eigenvalue weighted by atomic mass is 10.1. The molecule has 0 aliphatic heterocycles. The quantitative estimate of drug-likeness (QED) is 0.405. The molecule has 0 bridgehead atoms. The largest absolute Gasteiger partial charge is 0.497 e. The summed E-state index contributed by atoms with van der Waals surface area (Å²) in [7, 11) is -2.31. The highest BCUT2D eigenvalue weighted by atomic mass is 79.9. The van der Waals surface area contributed by atoms with Gasteiger partial charge in [-0.25, -0.2) is 8.42 Å². The average molecular weight is 555 g/mol. The molecule has 0 aliphatic rings. The van der Waals surface area contributed by atoms with E-state index in [1.807, 2.05) is 31.2 Å². The fourth-order valence-corrected chi connectivity index (χ4v) is 4.62. The van der Waals surface area contributed by atoms with Gasteiger partial charge in [-0.1, -0.05) is 47.5 Å². The van der Waals surface area contributed by atoms with E-state index in [1.54, 1.807) is 31.2 Å². The Kier molecular flexibility index (Phi) is 10.4. The monoisotopic (exact) mass is 553 g/mol. The third-order valence-electron chi connectivity index (χ3n) is 5.26. The molecule has 8 nitrogen and oxygen atoms in total. The molecule has 0 aromatic heterocycles. The number of rotatable bonds is 12. The molecule has 1 atom stereocenters. The van der Waals surface area contributed by atoms with E-state index in [2.05, 4.69) is 21.2 Å². The molecule has 2 aromatic rings. The number of unbranched alkanes of at least 4 members (excludes halogenated alkanes) is 1. The molecule has 0 heterocycles. The van der Waals surface area contributed by atoms with Gasteiger partial charge < -0.3 is 15.0 Å². The summed E-state index contributed by atoms with van der Waals surface area (Å²) in [5.41, 5.74) is 1.11. The minimum absolute atomic E-state index is 0.149. The van der Waals surface area contributed by atoms with Crippen molar-refractivity contribution in [3.8, 4) is 5.75 Å². The van der Waals surface area contributed by atoms with Crippen LogP contribution >= 0.6 is 15.9 Å². The van der Waals surface area contributed by atoms with Crippen LogP contribution < -0.4 is 14.4 Å². The molecule has 186 valence electrons. The molecule has 0 saturated carbocycles. The van der Waals surface area contributed by atoms with Gasteiger partial charge in [0.25, 0.3) is 0 Å². The predicted molar refractivity (Wildman–Crippen MR) is 137 cm³/mol. The molecule has 0 radical (unpaired) electrons. The van der Waals surface area contributed by atoms with Crippen molar-refractivity contribution in [2.24, 2.45) is 0 Å². The highest BCUT2D eigenvalue weighted by Crippen LogP contribution is 2.24. The first-order valence-corrected chi connectivity index (χ1v) is 13.6. The van der Waals surface area contributed by atoms with Gasteiger partial charge in [0, 0.05) is 23.6 Å². The van der Waals surface area contributed by atoms with Crippen molar-refractivity contribution in [3.05, 3.63) is 58.6 Å². The average Bonchev–Trinajstić information content (AvgIpc) is 2.79. The van der Waals surface area contributed by atoms with E-state index in [-0.39, 0.29) is 12.5 Å². The zero-order chi connectivity index (χ0) is 25.3. The van der Waals surface area contributed by atoms with Gasteiger partial charge in [0.15, 0.2) is 0 Å². The van der Waals surface area contributed by atoms with Crippen molar-refractivity contribution >= 4 is 43.5 Å². The molecule has 0 unspecified atom stereocenters. The molecular weight excluding hydrogens is 522 g/mol. The van der Waals surface area contributed by atoms with E-state index >= 15 is 0 Å². The molecule has 2 rings (SSSR count). The first kappa shape index (κ1) is 27.7. The Labute approximate surface area is 210 Å². The van der Waals surface area contributed by atoms with Crippen LogP contribution in [0.4, 0.5) is 5.69 Å². The third-order valence-corrected chi connectivity index (χ3v) is 6.89. The molecule has 34 heavy (non-hydrogen) atoms. The molecule has 0 aliphatic carbocycles. The van der Waals surface area contributed by atoms with Gasteiger partial charge >= 0.3 is 0 Å². The van der Waals surface area contributed by atoms with Gasteiger partial charge in [-0.2, -0.15) is 0 Å². The molecule has 1 N–H and O–H groups in total. The smallest absolute Gasteiger partial charge is 0.244 e. The van der Waals surface area contributed by atoms with Crippen molar-refractivity contribution in [3.63, 3.8) is 0 Å². The Hall–Kier alpha value is -2.59. The van der Waals surface area contributed by atoms with Crippen molar-refractivity contribution < 1.29 is 22.7 Å². The number of hydrogen-bond donors (Lipinski definition) is 1. The van der Waals surface area contributed by atoms with Gasteiger partial charge in [0.1, 0.15) is 18.3 Å². The van der Waals surface area contributed by atoms with Gasteiger partial charge in [-0.05, 0) is 43.2 Å². The Balaban J connectivity index is 2.36. The SMILES string of the molecule is CCCCNC(=O)[C@@H](C)N(Cc1cccc(Br)c1)C(=O)CN(c1cccc(OC)c1)S(C)(=O)=O. The molecule has 2 amide bonds. The van der Waals surface area contributed by atoms with Crippen LogP contribution in [-0.4, -0.2) is 57.6 Å². The van der Waals surface area contributed by atoms with Crippen LogP contribution in [0.1, 0.15) is 32.3 Å². The summed E-state index contributed by atoms with van der Waals surface area (Å²) in [6, 6.07) is 13.1. The zero-order valence-corrected chi connectivity index (χ0v) is 22.4. The lowest BCUT2D eigenvalue weighted by Gasteiger charge is -2.31. The van der Waals surface area contributed by atoms with Crippen LogP contribution in [0.25, 0.3) is 0 Å². The fraction of sp³-hybridized carbons (Fsp3) is 0.417. The lowest BCUT2D eigenvalue weighted by molar-refractivity contribution is -0.139. The maximum absolute atomic E-state index is 13.5. The summed E-state index contributed by atoms with van der Waals surface area (Å²) in [5.74, 6) is -0.316. The molecule has 0 fully saturated rings. The Bertz CT molecular complexity index is 1090. The Morgan fingerprint density at radius 2 is 1.85 bits per heavy atom. The minimum Gasteiger partial charge on any atom is -0.497 e. The Morgan fingerprint density at radius 3 is 2.47 bits per heavy atom. The summed E-state index contributed by atoms with van der Waals surface area (Å²) in [6.07, 6.45) is 2.80. The van der Waals surface area contributed by atoms with Gasteiger partial charge in [-0.3, -0.25) is 13.9 Å². The van der Waals surface area contributed by atoms with Crippen LogP contribution in [0, 0.1) is 0 Å². The number of hydrogen-bond acceptors (Lipinski definition) is 5. The van der Waals surface area contributed by atoms with E-state index in [9.17, 15) is 18.0 Å². The third kappa shape index (κ3) is 8.02. The topological polar surface area (TPSA) is 96.0 Å². The molecule has 10 heteroatoms. The second-order valence-corrected chi connectivity index (χ2v) is 10.8. The number of carbonyl (C=O) groups excluding carboxylic acids is 2. The standard InChI is InChI=1S/C24H32BrN3O5S/c1-5-6-13-26-24(30)18(2)27(16-19-9-7-10-20(25)14-19)23(29)17-28(34(4,31)32)21-11-8-12-22(15-21)33-3/h7-12,14-15,18H,5-6,13,16-17H2,1-4H3,(H,26,30)/t18-/m1/s1. The van der Waals surface area contributed by atoms with Crippen LogP contribution in [0.3, 0.4) is 0 Å². The highest BCUT2D eigenvalue weighted by molar-refractivity contribution is 9.10. The van der Waals surface area contributed by atoms with Crippen molar-refractivity contribution in [2.75, 3.05) is 30.8 Å². The number of carbonyl (C=O) groups is 2. The number of sulfonamides is 1. The van der Waals surface area contributed by atoms with Crippen molar-refractivity contribution in [2.45, 2.75) is 39.3 Å². The number of benzene rings is 2. The summed E-state index contributed by atoms with van der Waals surface area (Å²) >= 11 is 3.43. The van der Waals surface area contributed by atoms with Crippen molar-refractivity contribution in [1.29, 1.82) is 0 Å². The molecule has 2 aromatic carbocycles. The summed E-state index contributed by atoms with van der Waals surface area (Å²) in [4.78, 5) is 27.7. The first-order valence-electron chi connectivity index (χ1n) is 11.0. The molecule has 0 saturated heterocycles. The van der Waals surface area contributed by atoms with Gasteiger partial charge in [-0.15, -0.1) is 0 Å². The number of methoxy groups -OCH3 is 1. The van der Waals surface area contributed by atoms with E-state index < -0.39 is 28.5 Å². The summed E-state index contributed by atoms with van der Waals surface area (Å²) in [6.45, 7) is 3.88. The lowest BCUT2D eigenvalue weighted by Crippen LogP contribution is -2.51. The van der Waals surface area contributed by atoms with Crippen molar-refractivity contribution in [1.82, 2.24) is 10.2 Å². The fourth-order valence-electron chi connectivity index (χ4n) is 3.33. The van der Waals surface area contributed by atoms with Gasteiger partial charge in [0.05, 0.1) is 19.1 Å². The first-order chi connectivity index (χ1) is 16.1. The van der Waals surface area contributed by atoms with Gasteiger partial charge in [0.2, 0.25) is 21.8 Å². The van der Waals surface area contributed by atoms with Crippen LogP contribution in [-0.2, 0) is 26.2 Å². The second kappa shape index (κ2) is 12.8. The zero-order valence-electron chi connectivity index (χ0n) is 20.0. The van der Waals surface area contributed by atoms with E-state index in [4.69, 9.17) is 4.74 Å². The maximum atomic E-state index is 13.5. The number of anilines is 1. The van der Waals surface area contributed by atoms with Crippen LogP contribution in [0.2, 0.25) is 0 Å². The number of nitrogens with one attached hydrogen (secondary N) is 1. The molecule has 0 spiro atoms. The number of nitrogens with zero attached hydrogens (tertiary/aromatic N) is 2. The number of amides is 2. The minimum atomic E-state index is -3.79. The number of halogens is 1. The maximum Gasteiger partial charge on any atom is 0.244 e. The summed E-state index contributed by atoms with van der Waals surface area (Å²) in [5, 5.41) is 2.86. The molecular formula is C24H32BrN3O5S. The van der Waals surface area contributed by atoms with E-state index in [1.165, 1.54) is 12.0 Å². The van der Waals surface area contributed by atoms with Crippen LogP contribution in [0.15, 0.2) is 53.0 Å². The van der Waals surface area contributed by atoms with E-state index in [0.717, 1.165) is 33.4 Å². The van der Waals surface area contributed by atoms with E-state index in [0.29, 0.717) is 18.0 Å². The second-order valence-electron chi connectivity index (χ2n) is 7.94. The summed E-state index contributed by atoms with van der Waals surface area (Å²) < 4.78 is 32.3.